The lowest BCUT2D eigenvalue weighted by Crippen LogP contribution is -2.16. The summed E-state index contributed by atoms with van der Waals surface area (Å²) in [4.78, 5) is 12.3. The topological polar surface area (TPSA) is 54.3 Å². The Morgan fingerprint density at radius 1 is 1.38 bits per heavy atom. The molecule has 1 aromatic heterocycles. The minimum Gasteiger partial charge on any atom is -0.384 e. The van der Waals surface area contributed by atoms with E-state index >= 15 is 0 Å². The van der Waals surface area contributed by atoms with Gasteiger partial charge in [-0.15, -0.1) is 0 Å². The average Bonchev–Trinajstić information content (AvgIpc) is 2.93. The first-order chi connectivity index (χ1) is 10.1. The molecule has 0 aliphatic carbocycles. The lowest BCUT2D eigenvalue weighted by Gasteiger charge is -2.09. The number of nitrogens with zero attached hydrogens (tertiary/aromatic N) is 1. The maximum atomic E-state index is 12.3. The van der Waals surface area contributed by atoms with Crippen LogP contribution in [0.1, 0.15) is 28.5 Å². The molecule has 0 atom stereocenters. The number of aryl methyl sites for hydroxylation is 2. The van der Waals surface area contributed by atoms with Crippen LogP contribution in [0.25, 0.3) is 0 Å². The summed E-state index contributed by atoms with van der Waals surface area (Å²) in [6, 6.07) is 9.25. The monoisotopic (exact) mass is 282 g/mol. The quantitative estimate of drug-likeness (QED) is 0.849. The molecule has 1 amide bonds. The third-order valence-corrected chi connectivity index (χ3v) is 3.05. The van der Waals surface area contributed by atoms with Crippen LogP contribution in [-0.4, -0.2) is 22.2 Å². The highest BCUT2D eigenvalue weighted by Gasteiger charge is 2.10. The summed E-state index contributed by atoms with van der Waals surface area (Å²) in [5.41, 5.74) is 3.10. The lowest BCUT2D eigenvalue weighted by atomic mass is 10.1. The Bertz CT molecular complexity index is 705. The molecule has 21 heavy (non-hydrogen) atoms. The summed E-state index contributed by atoms with van der Waals surface area (Å²) < 4.78 is 1.89. The number of anilines is 1. The van der Waals surface area contributed by atoms with Crippen LogP contribution in [0, 0.1) is 18.8 Å². The van der Waals surface area contributed by atoms with Gasteiger partial charge in [-0.05, 0) is 49.7 Å². The van der Waals surface area contributed by atoms with E-state index in [1.807, 2.05) is 42.8 Å². The number of aromatic nitrogens is 1. The van der Waals surface area contributed by atoms with Crippen LogP contribution in [0.3, 0.4) is 0 Å². The molecule has 0 saturated heterocycles. The number of aliphatic hydroxyl groups is 1. The van der Waals surface area contributed by atoms with Gasteiger partial charge in [0.25, 0.3) is 5.91 Å². The molecule has 1 heterocycles. The van der Waals surface area contributed by atoms with Gasteiger partial charge in [-0.25, -0.2) is 0 Å². The van der Waals surface area contributed by atoms with Crippen LogP contribution in [0.15, 0.2) is 36.5 Å². The summed E-state index contributed by atoms with van der Waals surface area (Å²) in [6.45, 7) is 4.50. The zero-order valence-corrected chi connectivity index (χ0v) is 12.2. The molecule has 2 N–H and O–H groups in total. The summed E-state index contributed by atoms with van der Waals surface area (Å²) in [5.74, 6) is 5.31. The maximum absolute atomic E-state index is 12.3. The van der Waals surface area contributed by atoms with E-state index in [4.69, 9.17) is 5.11 Å². The summed E-state index contributed by atoms with van der Waals surface area (Å²) in [7, 11) is 0. The van der Waals surface area contributed by atoms with E-state index in [1.54, 1.807) is 12.1 Å². The number of rotatable bonds is 3. The first kappa shape index (κ1) is 14.9. The van der Waals surface area contributed by atoms with Gasteiger partial charge in [0.1, 0.15) is 12.3 Å². The number of benzene rings is 1. The molecule has 0 aliphatic rings. The first-order valence-corrected chi connectivity index (χ1v) is 6.82. The summed E-state index contributed by atoms with van der Waals surface area (Å²) >= 11 is 0. The van der Waals surface area contributed by atoms with Crippen molar-refractivity contribution in [1.29, 1.82) is 0 Å². The third-order valence-electron chi connectivity index (χ3n) is 3.05. The van der Waals surface area contributed by atoms with Crippen molar-refractivity contribution in [2.24, 2.45) is 0 Å². The van der Waals surface area contributed by atoms with Crippen molar-refractivity contribution in [1.82, 2.24) is 4.57 Å². The first-order valence-electron chi connectivity index (χ1n) is 6.82. The zero-order chi connectivity index (χ0) is 15.2. The standard InChI is InChI=1S/C17H18N2O2/c1-3-19-8-4-7-16(19)17(21)18-15-11-13(2)10-14(12-15)6-5-9-20/h4,7-8,10-12,20H,3,9H2,1-2H3,(H,18,21). The van der Waals surface area contributed by atoms with Crippen LogP contribution in [0.4, 0.5) is 5.69 Å². The second kappa shape index (κ2) is 6.78. The van der Waals surface area contributed by atoms with Gasteiger partial charge in [-0.3, -0.25) is 4.79 Å². The number of carbonyl (C=O) groups excluding carboxylic acids is 1. The molecule has 2 aromatic rings. The van der Waals surface area contributed by atoms with Gasteiger partial charge in [-0.2, -0.15) is 0 Å². The molecular weight excluding hydrogens is 264 g/mol. The fourth-order valence-electron chi connectivity index (χ4n) is 2.16. The van der Waals surface area contributed by atoms with Gasteiger partial charge in [0.15, 0.2) is 0 Å². The fraction of sp³-hybridized carbons (Fsp3) is 0.235. The van der Waals surface area contributed by atoms with Crippen molar-refractivity contribution in [3.8, 4) is 11.8 Å². The Balaban J connectivity index is 2.23. The molecule has 0 aliphatic heterocycles. The average molecular weight is 282 g/mol. The van der Waals surface area contributed by atoms with Crippen molar-refractivity contribution >= 4 is 11.6 Å². The number of carbonyl (C=O) groups is 1. The van der Waals surface area contributed by atoms with Crippen molar-refractivity contribution in [3.05, 3.63) is 53.3 Å². The van der Waals surface area contributed by atoms with Gasteiger partial charge in [0, 0.05) is 24.0 Å². The normalized spacial score (nSPS) is 9.86. The van der Waals surface area contributed by atoms with E-state index in [1.165, 1.54) is 0 Å². The van der Waals surface area contributed by atoms with E-state index in [2.05, 4.69) is 17.2 Å². The second-order valence-corrected chi connectivity index (χ2v) is 4.68. The smallest absolute Gasteiger partial charge is 0.272 e. The molecule has 0 radical (unpaired) electrons. The Morgan fingerprint density at radius 3 is 2.90 bits per heavy atom. The lowest BCUT2D eigenvalue weighted by molar-refractivity contribution is 0.101. The minimum atomic E-state index is -0.181. The number of nitrogens with one attached hydrogen (secondary N) is 1. The molecule has 0 spiro atoms. The molecule has 0 fully saturated rings. The Morgan fingerprint density at radius 2 is 2.19 bits per heavy atom. The van der Waals surface area contributed by atoms with E-state index in [0.29, 0.717) is 11.4 Å². The highest BCUT2D eigenvalue weighted by Crippen LogP contribution is 2.15. The van der Waals surface area contributed by atoms with Gasteiger partial charge < -0.3 is 15.0 Å². The predicted molar refractivity (Wildman–Crippen MR) is 83.2 cm³/mol. The molecule has 0 unspecified atom stereocenters. The van der Waals surface area contributed by atoms with Crippen molar-refractivity contribution in [2.45, 2.75) is 20.4 Å². The molecule has 1 aromatic carbocycles. The van der Waals surface area contributed by atoms with Crippen molar-refractivity contribution in [2.75, 3.05) is 11.9 Å². The summed E-state index contributed by atoms with van der Waals surface area (Å²) in [6.07, 6.45) is 1.88. The number of aliphatic hydroxyl groups excluding tert-OH is 1. The van der Waals surface area contributed by atoms with Crippen LogP contribution in [0.2, 0.25) is 0 Å². The molecule has 108 valence electrons. The minimum absolute atomic E-state index is 0.145. The van der Waals surface area contributed by atoms with Crippen molar-refractivity contribution < 1.29 is 9.90 Å². The fourth-order valence-corrected chi connectivity index (χ4v) is 2.16. The third kappa shape index (κ3) is 3.74. The predicted octanol–water partition coefficient (Wildman–Crippen LogP) is 2.41. The van der Waals surface area contributed by atoms with E-state index in [-0.39, 0.29) is 12.5 Å². The number of amides is 1. The van der Waals surface area contributed by atoms with Gasteiger partial charge in [0.2, 0.25) is 0 Å². The molecular formula is C17H18N2O2. The summed E-state index contributed by atoms with van der Waals surface area (Å²) in [5, 5.41) is 11.6. The number of hydrogen-bond donors (Lipinski definition) is 2. The second-order valence-electron chi connectivity index (χ2n) is 4.68. The van der Waals surface area contributed by atoms with Crippen molar-refractivity contribution in [3.63, 3.8) is 0 Å². The van der Waals surface area contributed by atoms with Crippen LogP contribution in [-0.2, 0) is 6.54 Å². The highest BCUT2D eigenvalue weighted by atomic mass is 16.2. The van der Waals surface area contributed by atoms with Gasteiger partial charge in [-0.1, -0.05) is 11.8 Å². The number of hydrogen-bond acceptors (Lipinski definition) is 2. The highest BCUT2D eigenvalue weighted by molar-refractivity contribution is 6.03. The van der Waals surface area contributed by atoms with Gasteiger partial charge >= 0.3 is 0 Å². The molecule has 4 nitrogen and oxygen atoms in total. The van der Waals surface area contributed by atoms with Crippen LogP contribution < -0.4 is 5.32 Å². The molecule has 0 bridgehead atoms. The SMILES string of the molecule is CCn1cccc1C(=O)Nc1cc(C)cc(C#CCO)c1. The zero-order valence-electron chi connectivity index (χ0n) is 12.2. The molecule has 2 rings (SSSR count). The Hall–Kier alpha value is -2.51. The molecule has 4 heteroatoms. The van der Waals surface area contributed by atoms with Crippen LogP contribution in [0.5, 0.6) is 0 Å². The van der Waals surface area contributed by atoms with Gasteiger partial charge in [0.05, 0.1) is 0 Å². The largest absolute Gasteiger partial charge is 0.384 e. The van der Waals surface area contributed by atoms with Crippen LogP contribution >= 0.6 is 0 Å². The molecule has 0 saturated carbocycles. The Labute approximate surface area is 124 Å². The Kier molecular flexibility index (Phi) is 4.81. The van der Waals surface area contributed by atoms with E-state index in [9.17, 15) is 4.79 Å². The maximum Gasteiger partial charge on any atom is 0.272 e. The van der Waals surface area contributed by atoms with E-state index < -0.39 is 0 Å². The van der Waals surface area contributed by atoms with E-state index in [0.717, 1.165) is 17.7 Å².